The molecule has 0 spiro atoms. The van der Waals surface area contributed by atoms with E-state index in [1.54, 1.807) is 11.9 Å². The minimum atomic E-state index is -4.56. The lowest BCUT2D eigenvalue weighted by atomic mass is 9.99. The number of alkyl halides is 3. The number of amides is 1. The Hall–Kier alpha value is -3.33. The van der Waals surface area contributed by atoms with Crippen LogP contribution in [0.1, 0.15) is 60.0 Å². The van der Waals surface area contributed by atoms with Gasteiger partial charge < -0.3 is 14.7 Å². The molecule has 0 aliphatic heterocycles. The standard InChI is InChI=1S/C31H33BrF3NO4/c1-36(17-10-5-3-2-4-7-12-22-13-8-6-9-14-22)30(39)24-19-26(29(27(32)20-24)40-21-28(37)38)23-15-11-16-25(18-23)31(33,34)35/h6,8-9,11,13-16,18-20H,2-5,7,10,12,17,21H2,1H3,(H,37,38). The number of unbranched alkanes of at least 4 members (excludes halogenated alkanes) is 5. The highest BCUT2D eigenvalue weighted by Crippen LogP contribution is 2.40. The van der Waals surface area contributed by atoms with Crippen LogP contribution in [0.4, 0.5) is 13.2 Å². The third-order valence-electron chi connectivity index (χ3n) is 6.53. The molecule has 0 bridgehead atoms. The predicted molar refractivity (Wildman–Crippen MR) is 153 cm³/mol. The fourth-order valence-corrected chi connectivity index (χ4v) is 5.00. The number of aliphatic carboxylic acids is 1. The fourth-order valence-electron chi connectivity index (χ4n) is 4.43. The van der Waals surface area contributed by atoms with Crippen molar-refractivity contribution in [1.82, 2.24) is 4.90 Å². The van der Waals surface area contributed by atoms with Crippen LogP contribution in [0.25, 0.3) is 11.1 Å². The molecule has 3 aromatic rings. The van der Waals surface area contributed by atoms with Crippen molar-refractivity contribution in [2.75, 3.05) is 20.2 Å². The molecule has 1 N–H and O–H groups in total. The van der Waals surface area contributed by atoms with E-state index >= 15 is 0 Å². The highest BCUT2D eigenvalue weighted by atomic mass is 79.9. The monoisotopic (exact) mass is 619 g/mol. The van der Waals surface area contributed by atoms with Gasteiger partial charge in [-0.1, -0.05) is 68.1 Å². The second kappa shape index (κ2) is 14.9. The Morgan fingerprint density at radius 3 is 2.25 bits per heavy atom. The first-order chi connectivity index (χ1) is 19.1. The lowest BCUT2D eigenvalue weighted by molar-refractivity contribution is -0.139. The summed E-state index contributed by atoms with van der Waals surface area (Å²) in [5.41, 5.74) is 1.09. The van der Waals surface area contributed by atoms with E-state index in [-0.39, 0.29) is 32.8 Å². The van der Waals surface area contributed by atoms with Crippen molar-refractivity contribution in [1.29, 1.82) is 0 Å². The summed E-state index contributed by atoms with van der Waals surface area (Å²) in [5.74, 6) is -1.48. The summed E-state index contributed by atoms with van der Waals surface area (Å²) >= 11 is 3.32. The first-order valence-electron chi connectivity index (χ1n) is 13.2. The van der Waals surface area contributed by atoms with Crippen molar-refractivity contribution in [3.63, 3.8) is 0 Å². The van der Waals surface area contributed by atoms with Gasteiger partial charge in [0.15, 0.2) is 6.61 Å². The van der Waals surface area contributed by atoms with Crippen LogP contribution in [0.5, 0.6) is 5.75 Å². The molecule has 0 aliphatic rings. The van der Waals surface area contributed by atoms with Gasteiger partial charge in [0.05, 0.1) is 10.0 Å². The molecule has 214 valence electrons. The fraction of sp³-hybridized carbons (Fsp3) is 0.355. The summed E-state index contributed by atoms with van der Waals surface area (Å²) in [7, 11) is 1.69. The maximum atomic E-state index is 13.4. The van der Waals surface area contributed by atoms with Gasteiger partial charge in [-0.3, -0.25) is 4.79 Å². The van der Waals surface area contributed by atoms with Crippen molar-refractivity contribution in [2.24, 2.45) is 0 Å². The number of carbonyl (C=O) groups excluding carboxylic acids is 1. The number of ether oxygens (including phenoxy) is 1. The zero-order valence-corrected chi connectivity index (χ0v) is 23.9. The van der Waals surface area contributed by atoms with Gasteiger partial charge in [-0.05, 0) is 70.6 Å². The molecule has 0 atom stereocenters. The van der Waals surface area contributed by atoms with Gasteiger partial charge in [0.25, 0.3) is 5.91 Å². The first kappa shape index (κ1) is 31.2. The van der Waals surface area contributed by atoms with E-state index in [0.29, 0.717) is 6.54 Å². The number of carboxylic acids is 1. The number of benzene rings is 3. The van der Waals surface area contributed by atoms with Gasteiger partial charge in [-0.25, -0.2) is 4.79 Å². The maximum Gasteiger partial charge on any atom is 0.416 e. The second-order valence-electron chi connectivity index (χ2n) is 9.68. The van der Waals surface area contributed by atoms with E-state index in [2.05, 4.69) is 40.2 Å². The molecule has 3 rings (SSSR count). The molecule has 0 saturated carbocycles. The number of halogens is 4. The Bertz CT molecular complexity index is 1280. The van der Waals surface area contributed by atoms with Crippen molar-refractivity contribution in [3.05, 3.63) is 87.9 Å². The lowest BCUT2D eigenvalue weighted by Gasteiger charge is -2.20. The summed E-state index contributed by atoms with van der Waals surface area (Å²) in [6, 6.07) is 18.0. The van der Waals surface area contributed by atoms with Gasteiger partial charge in [0.2, 0.25) is 0 Å². The van der Waals surface area contributed by atoms with Gasteiger partial charge in [-0.15, -0.1) is 0 Å². The summed E-state index contributed by atoms with van der Waals surface area (Å²) in [5, 5.41) is 9.05. The smallest absolute Gasteiger partial charge is 0.416 e. The van der Waals surface area contributed by atoms with Crippen molar-refractivity contribution >= 4 is 27.8 Å². The van der Waals surface area contributed by atoms with E-state index in [9.17, 15) is 22.8 Å². The van der Waals surface area contributed by atoms with E-state index in [4.69, 9.17) is 9.84 Å². The van der Waals surface area contributed by atoms with E-state index in [1.165, 1.54) is 29.8 Å². The molecule has 1 amide bonds. The average Bonchev–Trinajstić information content (AvgIpc) is 2.93. The van der Waals surface area contributed by atoms with Crippen LogP contribution in [-0.4, -0.2) is 42.1 Å². The quantitative estimate of drug-likeness (QED) is 0.184. The summed E-state index contributed by atoms with van der Waals surface area (Å²) < 4.78 is 45.7. The Balaban J connectivity index is 1.62. The summed E-state index contributed by atoms with van der Waals surface area (Å²) in [4.78, 5) is 25.9. The Labute approximate surface area is 241 Å². The van der Waals surface area contributed by atoms with Crippen LogP contribution in [0.3, 0.4) is 0 Å². The van der Waals surface area contributed by atoms with Crippen molar-refractivity contribution in [2.45, 2.75) is 51.1 Å². The minimum absolute atomic E-state index is 0.0493. The highest BCUT2D eigenvalue weighted by molar-refractivity contribution is 9.10. The molecule has 5 nitrogen and oxygen atoms in total. The van der Waals surface area contributed by atoms with E-state index < -0.39 is 24.3 Å². The molecule has 0 saturated heterocycles. The van der Waals surface area contributed by atoms with Crippen molar-refractivity contribution in [3.8, 4) is 16.9 Å². The Morgan fingerprint density at radius 2 is 1.57 bits per heavy atom. The minimum Gasteiger partial charge on any atom is -0.480 e. The number of rotatable bonds is 14. The molecule has 0 radical (unpaired) electrons. The van der Waals surface area contributed by atoms with Gasteiger partial charge in [0, 0.05) is 24.7 Å². The number of carboxylic acid groups (broad SMARTS) is 1. The first-order valence-corrected chi connectivity index (χ1v) is 14.0. The van der Waals surface area contributed by atoms with Gasteiger partial charge in [0.1, 0.15) is 5.75 Å². The van der Waals surface area contributed by atoms with Crippen LogP contribution in [0, 0.1) is 0 Å². The van der Waals surface area contributed by atoms with E-state index in [1.807, 2.05) is 6.07 Å². The number of carbonyl (C=O) groups is 2. The molecular formula is C31H33BrF3NO4. The highest BCUT2D eigenvalue weighted by Gasteiger charge is 2.31. The molecule has 0 heterocycles. The zero-order chi connectivity index (χ0) is 29.1. The Morgan fingerprint density at radius 1 is 0.900 bits per heavy atom. The molecule has 3 aromatic carbocycles. The van der Waals surface area contributed by atoms with Gasteiger partial charge >= 0.3 is 12.1 Å². The van der Waals surface area contributed by atoms with Crippen LogP contribution < -0.4 is 4.74 Å². The molecule has 9 heteroatoms. The zero-order valence-electron chi connectivity index (χ0n) is 22.3. The lowest BCUT2D eigenvalue weighted by Crippen LogP contribution is -2.27. The normalized spacial score (nSPS) is 11.3. The third kappa shape index (κ3) is 9.40. The van der Waals surface area contributed by atoms with Crippen LogP contribution in [0.15, 0.2) is 71.2 Å². The maximum absolute atomic E-state index is 13.4. The van der Waals surface area contributed by atoms with E-state index in [0.717, 1.165) is 57.1 Å². The van der Waals surface area contributed by atoms with Crippen LogP contribution in [0.2, 0.25) is 0 Å². The Kier molecular flexibility index (Phi) is 11.6. The number of aryl methyl sites for hydroxylation is 1. The molecule has 0 aromatic heterocycles. The van der Waals surface area contributed by atoms with Crippen LogP contribution >= 0.6 is 15.9 Å². The third-order valence-corrected chi connectivity index (χ3v) is 7.12. The topological polar surface area (TPSA) is 66.8 Å². The molecule has 0 unspecified atom stereocenters. The number of nitrogens with zero attached hydrogens (tertiary/aromatic N) is 1. The SMILES string of the molecule is CN(CCCCCCCCc1ccccc1)C(=O)c1cc(Br)c(OCC(=O)O)c(-c2cccc(C(F)(F)F)c2)c1. The summed E-state index contributed by atoms with van der Waals surface area (Å²) in [6.45, 7) is -0.152. The van der Waals surface area contributed by atoms with Gasteiger partial charge in [-0.2, -0.15) is 13.2 Å². The predicted octanol–water partition coefficient (Wildman–Crippen LogP) is 8.25. The summed E-state index contributed by atoms with van der Waals surface area (Å²) in [6.07, 6.45) is 2.87. The second-order valence-corrected chi connectivity index (χ2v) is 10.5. The van der Waals surface area contributed by atoms with Crippen LogP contribution in [-0.2, 0) is 17.4 Å². The van der Waals surface area contributed by atoms with Crippen molar-refractivity contribution < 1.29 is 32.6 Å². The molecular weight excluding hydrogens is 587 g/mol. The molecule has 0 aliphatic carbocycles. The number of hydrogen-bond donors (Lipinski definition) is 1. The molecule has 40 heavy (non-hydrogen) atoms. The number of hydrogen-bond acceptors (Lipinski definition) is 3. The largest absolute Gasteiger partial charge is 0.480 e. The molecule has 0 fully saturated rings. The average molecular weight is 621 g/mol.